The summed E-state index contributed by atoms with van der Waals surface area (Å²) in [6.07, 6.45) is 2.40. The van der Waals surface area contributed by atoms with Gasteiger partial charge in [-0.3, -0.25) is 0 Å². The molecule has 1 heterocycles. The molecule has 2 N–H and O–H groups in total. The van der Waals surface area contributed by atoms with Gasteiger partial charge < -0.3 is 10.6 Å². The van der Waals surface area contributed by atoms with Crippen LogP contribution in [-0.2, 0) is 13.0 Å². The van der Waals surface area contributed by atoms with E-state index in [0.717, 1.165) is 12.2 Å². The van der Waals surface area contributed by atoms with Gasteiger partial charge >= 0.3 is 0 Å². The van der Waals surface area contributed by atoms with Crippen LogP contribution in [0.4, 0.5) is 11.4 Å². The van der Waals surface area contributed by atoms with Gasteiger partial charge in [0.15, 0.2) is 0 Å². The zero-order valence-electron chi connectivity index (χ0n) is 12.3. The second kappa shape index (κ2) is 5.20. The molecule has 0 bridgehead atoms. The van der Waals surface area contributed by atoms with Crippen LogP contribution in [0.3, 0.4) is 0 Å². The molecule has 1 atom stereocenters. The largest absolute Gasteiger partial charge is 0.399 e. The van der Waals surface area contributed by atoms with Crippen LogP contribution in [0.1, 0.15) is 30.0 Å². The van der Waals surface area contributed by atoms with Gasteiger partial charge in [0.2, 0.25) is 0 Å². The lowest BCUT2D eigenvalue weighted by atomic mass is 9.95. The van der Waals surface area contributed by atoms with Crippen molar-refractivity contribution < 1.29 is 0 Å². The molecule has 2 heteroatoms. The molecule has 0 aliphatic carbocycles. The lowest BCUT2D eigenvalue weighted by Gasteiger charge is -2.37. The van der Waals surface area contributed by atoms with Crippen LogP contribution in [0.15, 0.2) is 42.5 Å². The highest BCUT2D eigenvalue weighted by Gasteiger charge is 2.23. The van der Waals surface area contributed by atoms with E-state index in [9.17, 15) is 0 Å². The van der Waals surface area contributed by atoms with Gasteiger partial charge in [-0.1, -0.05) is 30.3 Å². The first kappa shape index (κ1) is 13.0. The maximum absolute atomic E-state index is 6.04. The normalized spacial score (nSPS) is 17.9. The SMILES string of the molecule is Cc1c(N)cccc1CN1c2ccccc2CCC1C. The number of nitrogens with two attached hydrogens (primary N) is 1. The Kier molecular flexibility index (Phi) is 3.39. The summed E-state index contributed by atoms with van der Waals surface area (Å²) in [4.78, 5) is 2.51. The molecule has 1 unspecified atom stereocenters. The molecule has 3 rings (SSSR count). The summed E-state index contributed by atoms with van der Waals surface area (Å²) in [5.41, 5.74) is 12.3. The maximum atomic E-state index is 6.04. The molecule has 104 valence electrons. The molecule has 0 amide bonds. The summed E-state index contributed by atoms with van der Waals surface area (Å²) in [6.45, 7) is 5.37. The molecule has 2 aromatic carbocycles. The predicted molar refractivity (Wildman–Crippen MR) is 86.0 cm³/mol. The van der Waals surface area contributed by atoms with Gasteiger partial charge in [0.25, 0.3) is 0 Å². The third-order valence-corrected chi connectivity index (χ3v) is 4.49. The van der Waals surface area contributed by atoms with E-state index in [1.807, 2.05) is 6.07 Å². The standard InChI is InChI=1S/C18H22N2/c1-13-10-11-15-6-3-4-9-18(15)20(13)12-16-7-5-8-17(19)14(16)2/h3-9,13H,10-12,19H2,1-2H3. The van der Waals surface area contributed by atoms with Crippen LogP contribution in [0.5, 0.6) is 0 Å². The number of para-hydroxylation sites is 1. The second-order valence-electron chi connectivity index (χ2n) is 5.78. The van der Waals surface area contributed by atoms with Gasteiger partial charge in [0.1, 0.15) is 0 Å². The number of aryl methyl sites for hydroxylation is 1. The highest BCUT2D eigenvalue weighted by molar-refractivity contribution is 5.58. The van der Waals surface area contributed by atoms with Crippen LogP contribution in [-0.4, -0.2) is 6.04 Å². The van der Waals surface area contributed by atoms with Gasteiger partial charge in [0.05, 0.1) is 0 Å². The molecule has 1 aliphatic heterocycles. The third-order valence-electron chi connectivity index (χ3n) is 4.49. The molecule has 0 saturated heterocycles. The molecule has 2 aromatic rings. The fourth-order valence-corrected chi connectivity index (χ4v) is 3.06. The summed E-state index contributed by atoms with van der Waals surface area (Å²) in [5.74, 6) is 0. The number of benzene rings is 2. The number of hydrogen-bond acceptors (Lipinski definition) is 2. The van der Waals surface area contributed by atoms with Crippen molar-refractivity contribution in [3.63, 3.8) is 0 Å². The fraction of sp³-hybridized carbons (Fsp3) is 0.333. The second-order valence-corrected chi connectivity index (χ2v) is 5.78. The van der Waals surface area contributed by atoms with Crippen molar-refractivity contribution in [2.75, 3.05) is 10.6 Å². The number of nitrogens with zero attached hydrogens (tertiary/aromatic N) is 1. The van der Waals surface area contributed by atoms with E-state index in [1.54, 1.807) is 0 Å². The minimum Gasteiger partial charge on any atom is -0.399 e. The van der Waals surface area contributed by atoms with Crippen molar-refractivity contribution in [3.8, 4) is 0 Å². The lowest BCUT2D eigenvalue weighted by molar-refractivity contribution is 0.559. The lowest BCUT2D eigenvalue weighted by Crippen LogP contribution is -2.36. The molecule has 2 nitrogen and oxygen atoms in total. The van der Waals surface area contributed by atoms with Crippen molar-refractivity contribution in [1.82, 2.24) is 0 Å². The quantitative estimate of drug-likeness (QED) is 0.835. The van der Waals surface area contributed by atoms with Crippen molar-refractivity contribution in [1.29, 1.82) is 0 Å². The Labute approximate surface area is 121 Å². The Morgan fingerprint density at radius 3 is 2.80 bits per heavy atom. The average molecular weight is 266 g/mol. The summed E-state index contributed by atoms with van der Waals surface area (Å²) >= 11 is 0. The van der Waals surface area contributed by atoms with Crippen LogP contribution < -0.4 is 10.6 Å². The fourth-order valence-electron chi connectivity index (χ4n) is 3.06. The first-order valence-corrected chi connectivity index (χ1v) is 7.35. The number of fused-ring (bicyclic) bond motifs is 1. The molecule has 0 saturated carbocycles. The monoisotopic (exact) mass is 266 g/mol. The Bertz CT molecular complexity index is 619. The van der Waals surface area contributed by atoms with E-state index in [0.29, 0.717) is 6.04 Å². The van der Waals surface area contributed by atoms with Crippen LogP contribution >= 0.6 is 0 Å². The predicted octanol–water partition coefficient (Wildman–Crippen LogP) is 3.92. The average Bonchev–Trinajstić information content (AvgIpc) is 2.46. The number of nitrogen functional groups attached to an aromatic ring is 1. The van der Waals surface area contributed by atoms with Gasteiger partial charge in [-0.15, -0.1) is 0 Å². The van der Waals surface area contributed by atoms with Crippen molar-refractivity contribution >= 4 is 11.4 Å². The molecule has 1 aliphatic rings. The van der Waals surface area contributed by atoms with E-state index >= 15 is 0 Å². The smallest absolute Gasteiger partial charge is 0.0435 e. The highest BCUT2D eigenvalue weighted by atomic mass is 15.2. The van der Waals surface area contributed by atoms with Gasteiger partial charge in [-0.2, -0.15) is 0 Å². The summed E-state index contributed by atoms with van der Waals surface area (Å²) in [6, 6.07) is 15.6. The van der Waals surface area contributed by atoms with E-state index < -0.39 is 0 Å². The Morgan fingerprint density at radius 1 is 1.15 bits per heavy atom. The Balaban J connectivity index is 1.96. The minimum absolute atomic E-state index is 0.575. The summed E-state index contributed by atoms with van der Waals surface area (Å²) < 4.78 is 0. The Morgan fingerprint density at radius 2 is 1.95 bits per heavy atom. The molecular weight excluding hydrogens is 244 g/mol. The zero-order chi connectivity index (χ0) is 14.1. The van der Waals surface area contributed by atoms with Crippen LogP contribution in [0, 0.1) is 6.92 Å². The van der Waals surface area contributed by atoms with Crippen molar-refractivity contribution in [2.24, 2.45) is 0 Å². The summed E-state index contributed by atoms with van der Waals surface area (Å²) in [5, 5.41) is 0. The van der Waals surface area contributed by atoms with E-state index in [4.69, 9.17) is 5.73 Å². The van der Waals surface area contributed by atoms with E-state index in [1.165, 1.54) is 35.2 Å². The van der Waals surface area contributed by atoms with E-state index in [-0.39, 0.29) is 0 Å². The molecule has 0 spiro atoms. The maximum Gasteiger partial charge on any atom is 0.0435 e. The first-order chi connectivity index (χ1) is 9.66. The van der Waals surface area contributed by atoms with Gasteiger partial charge in [0, 0.05) is 24.0 Å². The summed E-state index contributed by atoms with van der Waals surface area (Å²) in [7, 11) is 0. The van der Waals surface area contributed by atoms with Crippen LogP contribution in [0.25, 0.3) is 0 Å². The van der Waals surface area contributed by atoms with Gasteiger partial charge in [-0.05, 0) is 55.5 Å². The molecule has 0 aromatic heterocycles. The topological polar surface area (TPSA) is 29.3 Å². The molecule has 0 fully saturated rings. The molecule has 20 heavy (non-hydrogen) atoms. The molecule has 0 radical (unpaired) electrons. The number of anilines is 2. The minimum atomic E-state index is 0.575. The number of hydrogen-bond donors (Lipinski definition) is 1. The highest BCUT2D eigenvalue weighted by Crippen LogP contribution is 2.32. The van der Waals surface area contributed by atoms with Crippen molar-refractivity contribution in [2.45, 2.75) is 39.3 Å². The number of rotatable bonds is 2. The zero-order valence-corrected chi connectivity index (χ0v) is 12.3. The van der Waals surface area contributed by atoms with Gasteiger partial charge in [-0.25, -0.2) is 0 Å². The Hall–Kier alpha value is -1.96. The van der Waals surface area contributed by atoms with Crippen LogP contribution in [0.2, 0.25) is 0 Å². The third kappa shape index (κ3) is 2.26. The first-order valence-electron chi connectivity index (χ1n) is 7.35. The molecular formula is C18H22N2. The van der Waals surface area contributed by atoms with E-state index in [2.05, 4.69) is 55.1 Å². The van der Waals surface area contributed by atoms with Crippen molar-refractivity contribution in [3.05, 3.63) is 59.2 Å².